The Hall–Kier alpha value is -1.30. The number of hydrogen-bond donors (Lipinski definition) is 0. The van der Waals surface area contributed by atoms with Gasteiger partial charge in [-0.2, -0.15) is 0 Å². The number of amides is 2. The lowest BCUT2D eigenvalue weighted by atomic mass is 9.64. The minimum atomic E-state index is -0.129. The molecule has 0 N–H and O–H groups in total. The van der Waals surface area contributed by atoms with Crippen LogP contribution < -0.4 is 0 Å². The molecule has 3 heterocycles. The van der Waals surface area contributed by atoms with E-state index in [9.17, 15) is 9.59 Å². The summed E-state index contributed by atoms with van der Waals surface area (Å²) in [6.07, 6.45) is 11.9. The lowest BCUT2D eigenvalue weighted by molar-refractivity contribution is -0.140. The molecule has 168 valence electrons. The van der Waals surface area contributed by atoms with Crippen molar-refractivity contribution in [3.63, 3.8) is 0 Å². The summed E-state index contributed by atoms with van der Waals surface area (Å²) in [5.41, 5.74) is 0.353. The molecule has 3 aliphatic heterocycles. The van der Waals surface area contributed by atoms with Gasteiger partial charge in [-0.3, -0.25) is 4.79 Å². The first-order valence-corrected chi connectivity index (χ1v) is 12.5. The molecule has 2 amide bonds. The molecular formula is C24H39N3O3. The van der Waals surface area contributed by atoms with Gasteiger partial charge in [0, 0.05) is 37.6 Å². The largest absolute Gasteiger partial charge is 0.450 e. The second kappa shape index (κ2) is 8.33. The molecule has 0 aromatic heterocycles. The Balaban J connectivity index is 1.08. The number of piperidine rings is 1. The molecule has 6 nitrogen and oxygen atoms in total. The molecule has 1 atom stereocenters. The summed E-state index contributed by atoms with van der Waals surface area (Å²) in [7, 11) is 0. The van der Waals surface area contributed by atoms with Crippen LogP contribution in [0.25, 0.3) is 0 Å². The average molecular weight is 418 g/mol. The van der Waals surface area contributed by atoms with Gasteiger partial charge in [-0.1, -0.05) is 6.42 Å². The molecule has 0 bridgehead atoms. The molecule has 2 saturated carbocycles. The molecule has 0 aromatic rings. The number of nitrogens with zero attached hydrogens (tertiary/aromatic N) is 3. The fraction of sp³-hybridized carbons (Fsp3) is 0.917. The maximum Gasteiger partial charge on any atom is 0.409 e. The predicted molar refractivity (Wildman–Crippen MR) is 115 cm³/mol. The Labute approximate surface area is 181 Å². The quantitative estimate of drug-likeness (QED) is 0.703. The molecule has 3 saturated heterocycles. The zero-order valence-corrected chi connectivity index (χ0v) is 18.7. The van der Waals surface area contributed by atoms with E-state index in [1.165, 1.54) is 58.0 Å². The highest BCUT2D eigenvalue weighted by atomic mass is 16.6. The van der Waals surface area contributed by atoms with Gasteiger partial charge >= 0.3 is 6.09 Å². The van der Waals surface area contributed by atoms with Crippen molar-refractivity contribution in [1.29, 1.82) is 0 Å². The van der Waals surface area contributed by atoms with Crippen molar-refractivity contribution in [1.82, 2.24) is 14.7 Å². The van der Waals surface area contributed by atoms with Crippen LogP contribution in [0.3, 0.4) is 0 Å². The first-order valence-electron chi connectivity index (χ1n) is 12.5. The molecule has 1 spiro atoms. The van der Waals surface area contributed by atoms with Crippen LogP contribution in [-0.2, 0) is 9.53 Å². The maximum absolute atomic E-state index is 12.8. The van der Waals surface area contributed by atoms with Crippen molar-refractivity contribution in [3.8, 4) is 0 Å². The molecule has 0 radical (unpaired) electrons. The molecule has 5 aliphatic rings. The fourth-order valence-corrected chi connectivity index (χ4v) is 6.95. The SMILES string of the molecule is CCOC(=O)N1CCC2(CC(N3CCC(C4CCCN4C(=O)C4CCC4)CC3)C2)C1. The zero-order valence-electron chi connectivity index (χ0n) is 18.7. The van der Waals surface area contributed by atoms with Crippen molar-refractivity contribution in [2.24, 2.45) is 17.3 Å². The first kappa shape index (κ1) is 20.6. The third kappa shape index (κ3) is 3.74. The van der Waals surface area contributed by atoms with Crippen LogP contribution in [0.5, 0.6) is 0 Å². The predicted octanol–water partition coefficient (Wildman–Crippen LogP) is 3.50. The summed E-state index contributed by atoms with van der Waals surface area (Å²) in [6, 6.07) is 1.21. The van der Waals surface area contributed by atoms with Crippen LogP contribution in [-0.4, -0.2) is 78.1 Å². The van der Waals surface area contributed by atoms with Gasteiger partial charge in [0.05, 0.1) is 6.61 Å². The number of carbonyl (C=O) groups excluding carboxylic acids is 2. The minimum absolute atomic E-state index is 0.129. The lowest BCUT2D eigenvalue weighted by Crippen LogP contribution is -2.55. The maximum atomic E-state index is 12.8. The highest BCUT2D eigenvalue weighted by Crippen LogP contribution is 2.51. The van der Waals surface area contributed by atoms with E-state index in [0.29, 0.717) is 41.8 Å². The number of likely N-dealkylation sites (tertiary alicyclic amines) is 3. The van der Waals surface area contributed by atoms with Crippen LogP contribution in [0, 0.1) is 17.3 Å². The first-order chi connectivity index (χ1) is 14.6. The van der Waals surface area contributed by atoms with Crippen LogP contribution in [0.2, 0.25) is 0 Å². The van der Waals surface area contributed by atoms with E-state index in [1.807, 2.05) is 11.8 Å². The molecule has 0 aromatic carbocycles. The van der Waals surface area contributed by atoms with Crippen molar-refractivity contribution in [3.05, 3.63) is 0 Å². The van der Waals surface area contributed by atoms with Crippen LogP contribution in [0.4, 0.5) is 4.79 Å². The van der Waals surface area contributed by atoms with E-state index in [1.54, 1.807) is 0 Å². The van der Waals surface area contributed by atoms with Gasteiger partial charge in [0.1, 0.15) is 0 Å². The van der Waals surface area contributed by atoms with E-state index in [-0.39, 0.29) is 6.09 Å². The Morgan fingerprint density at radius 1 is 0.967 bits per heavy atom. The highest BCUT2D eigenvalue weighted by Gasteiger charge is 2.52. The van der Waals surface area contributed by atoms with Crippen molar-refractivity contribution in [2.45, 2.75) is 83.2 Å². The molecule has 5 rings (SSSR count). The Morgan fingerprint density at radius 3 is 2.40 bits per heavy atom. The van der Waals surface area contributed by atoms with Gasteiger partial charge in [0.25, 0.3) is 0 Å². The zero-order chi connectivity index (χ0) is 20.7. The third-order valence-corrected chi connectivity index (χ3v) is 8.97. The molecule has 6 heteroatoms. The van der Waals surface area contributed by atoms with Crippen molar-refractivity contribution >= 4 is 12.0 Å². The van der Waals surface area contributed by atoms with E-state index in [2.05, 4.69) is 9.80 Å². The average Bonchev–Trinajstić information content (AvgIpc) is 3.33. The molecule has 30 heavy (non-hydrogen) atoms. The topological polar surface area (TPSA) is 53.1 Å². The van der Waals surface area contributed by atoms with Gasteiger partial charge < -0.3 is 19.4 Å². The summed E-state index contributed by atoms with van der Waals surface area (Å²) >= 11 is 0. The fourth-order valence-electron chi connectivity index (χ4n) is 6.95. The third-order valence-electron chi connectivity index (χ3n) is 8.97. The summed E-state index contributed by atoms with van der Waals surface area (Å²) < 4.78 is 5.19. The van der Waals surface area contributed by atoms with E-state index >= 15 is 0 Å². The van der Waals surface area contributed by atoms with Gasteiger partial charge in [-0.05, 0) is 89.1 Å². The van der Waals surface area contributed by atoms with Crippen LogP contribution >= 0.6 is 0 Å². The summed E-state index contributed by atoms with van der Waals surface area (Å²) in [5, 5.41) is 0. The number of hydrogen-bond acceptors (Lipinski definition) is 4. The van der Waals surface area contributed by atoms with Gasteiger partial charge in [0.2, 0.25) is 5.91 Å². The lowest BCUT2D eigenvalue weighted by Gasteiger charge is -2.52. The second-order valence-corrected chi connectivity index (χ2v) is 10.7. The van der Waals surface area contributed by atoms with Gasteiger partial charge in [0.15, 0.2) is 0 Å². The van der Waals surface area contributed by atoms with E-state index in [0.717, 1.165) is 38.9 Å². The number of carbonyl (C=O) groups is 2. The van der Waals surface area contributed by atoms with Crippen LogP contribution in [0.15, 0.2) is 0 Å². The summed E-state index contributed by atoms with van der Waals surface area (Å²) in [6.45, 7) is 7.47. The molecule has 1 unspecified atom stereocenters. The van der Waals surface area contributed by atoms with E-state index < -0.39 is 0 Å². The van der Waals surface area contributed by atoms with Crippen LogP contribution in [0.1, 0.15) is 71.1 Å². The van der Waals surface area contributed by atoms with Crippen molar-refractivity contribution in [2.75, 3.05) is 39.3 Å². The standard InChI is InChI=1S/C24H39N3O3/c1-2-30-23(29)26-14-10-24(17-26)15-20(16-24)25-12-8-18(9-13-25)21-7-4-11-27(21)22(28)19-5-3-6-19/h18-21H,2-17H2,1H3. The Kier molecular flexibility index (Phi) is 5.72. The highest BCUT2D eigenvalue weighted by molar-refractivity contribution is 5.80. The summed E-state index contributed by atoms with van der Waals surface area (Å²) in [4.78, 5) is 31.8. The van der Waals surface area contributed by atoms with Gasteiger partial charge in [-0.25, -0.2) is 4.79 Å². The Bertz CT molecular complexity index is 650. The smallest absolute Gasteiger partial charge is 0.409 e. The monoisotopic (exact) mass is 417 g/mol. The normalized spacial score (nSPS) is 35.5. The number of rotatable bonds is 4. The number of ether oxygens (including phenoxy) is 1. The Morgan fingerprint density at radius 2 is 1.73 bits per heavy atom. The molecule has 2 aliphatic carbocycles. The van der Waals surface area contributed by atoms with Gasteiger partial charge in [-0.15, -0.1) is 0 Å². The molecular weight excluding hydrogens is 378 g/mol. The minimum Gasteiger partial charge on any atom is -0.450 e. The van der Waals surface area contributed by atoms with E-state index in [4.69, 9.17) is 4.74 Å². The molecule has 5 fully saturated rings. The van der Waals surface area contributed by atoms with Crippen molar-refractivity contribution < 1.29 is 14.3 Å². The second-order valence-electron chi connectivity index (χ2n) is 10.7. The summed E-state index contributed by atoms with van der Waals surface area (Å²) in [5.74, 6) is 1.52.